The SMILES string of the molecule is COC(=O)c1ccc(C)c(NC(=O)c2ccccc2OCCOc2ccccc2)c1. The van der Waals surface area contributed by atoms with Gasteiger partial charge in [-0.25, -0.2) is 4.79 Å². The van der Waals surface area contributed by atoms with E-state index in [1.54, 1.807) is 42.5 Å². The van der Waals surface area contributed by atoms with Gasteiger partial charge in [-0.15, -0.1) is 0 Å². The summed E-state index contributed by atoms with van der Waals surface area (Å²) < 4.78 is 16.1. The third kappa shape index (κ3) is 5.38. The average Bonchev–Trinajstić information content (AvgIpc) is 2.78. The van der Waals surface area contributed by atoms with Gasteiger partial charge in [0.25, 0.3) is 5.91 Å². The third-order valence-electron chi connectivity index (χ3n) is 4.39. The molecule has 0 aliphatic heterocycles. The van der Waals surface area contributed by atoms with Crippen LogP contribution in [0, 0.1) is 6.92 Å². The Hall–Kier alpha value is -3.80. The maximum absolute atomic E-state index is 12.9. The zero-order valence-corrected chi connectivity index (χ0v) is 16.9. The number of amides is 1. The standard InChI is InChI=1S/C24H23NO5/c1-17-12-13-18(24(27)28-2)16-21(17)25-23(26)20-10-6-7-11-22(20)30-15-14-29-19-8-4-3-5-9-19/h3-13,16H,14-15H2,1-2H3,(H,25,26). The molecule has 6 heteroatoms. The molecule has 0 radical (unpaired) electrons. The number of carbonyl (C=O) groups excluding carboxylic acids is 2. The Labute approximate surface area is 175 Å². The maximum Gasteiger partial charge on any atom is 0.337 e. The van der Waals surface area contributed by atoms with Crippen molar-refractivity contribution >= 4 is 17.6 Å². The first-order valence-electron chi connectivity index (χ1n) is 9.48. The first-order valence-corrected chi connectivity index (χ1v) is 9.48. The van der Waals surface area contributed by atoms with Crippen molar-refractivity contribution in [2.24, 2.45) is 0 Å². The minimum absolute atomic E-state index is 0.288. The molecule has 0 atom stereocenters. The number of aryl methyl sites for hydroxylation is 1. The van der Waals surface area contributed by atoms with Gasteiger partial charge in [0.05, 0.1) is 18.2 Å². The molecule has 0 aromatic heterocycles. The second-order valence-corrected chi connectivity index (χ2v) is 6.48. The van der Waals surface area contributed by atoms with E-state index in [2.05, 4.69) is 5.32 Å². The summed E-state index contributed by atoms with van der Waals surface area (Å²) in [6, 6.07) is 21.4. The minimum Gasteiger partial charge on any atom is -0.490 e. The Bertz CT molecular complexity index is 1020. The van der Waals surface area contributed by atoms with E-state index in [1.807, 2.05) is 37.3 Å². The highest BCUT2D eigenvalue weighted by Gasteiger charge is 2.15. The molecule has 1 amide bonds. The van der Waals surface area contributed by atoms with Gasteiger partial charge in [0.1, 0.15) is 24.7 Å². The monoisotopic (exact) mass is 405 g/mol. The van der Waals surface area contributed by atoms with Crippen molar-refractivity contribution in [3.63, 3.8) is 0 Å². The molecule has 0 fully saturated rings. The van der Waals surface area contributed by atoms with E-state index in [1.165, 1.54) is 7.11 Å². The lowest BCUT2D eigenvalue weighted by Gasteiger charge is -2.14. The van der Waals surface area contributed by atoms with Crippen LogP contribution in [0.5, 0.6) is 11.5 Å². The molecule has 3 aromatic carbocycles. The number of hydrogen-bond acceptors (Lipinski definition) is 5. The zero-order valence-electron chi connectivity index (χ0n) is 16.9. The number of benzene rings is 3. The Morgan fingerprint density at radius 3 is 2.33 bits per heavy atom. The molecule has 0 heterocycles. The first-order chi connectivity index (χ1) is 14.6. The van der Waals surface area contributed by atoms with Crippen LogP contribution in [0.15, 0.2) is 72.8 Å². The number of para-hydroxylation sites is 2. The molecule has 3 aromatic rings. The summed E-state index contributed by atoms with van der Waals surface area (Å²) >= 11 is 0. The number of anilines is 1. The van der Waals surface area contributed by atoms with Crippen LogP contribution in [0.1, 0.15) is 26.3 Å². The zero-order chi connectivity index (χ0) is 21.3. The molecule has 0 unspecified atom stereocenters. The van der Waals surface area contributed by atoms with E-state index in [0.29, 0.717) is 29.2 Å². The van der Waals surface area contributed by atoms with Gasteiger partial charge in [0, 0.05) is 5.69 Å². The Balaban J connectivity index is 1.66. The van der Waals surface area contributed by atoms with E-state index in [-0.39, 0.29) is 12.5 Å². The van der Waals surface area contributed by atoms with E-state index in [0.717, 1.165) is 11.3 Å². The van der Waals surface area contributed by atoms with Crippen LogP contribution in [-0.4, -0.2) is 32.2 Å². The van der Waals surface area contributed by atoms with Crippen molar-refractivity contribution in [2.75, 3.05) is 25.6 Å². The summed E-state index contributed by atoms with van der Waals surface area (Å²) in [6.07, 6.45) is 0. The smallest absolute Gasteiger partial charge is 0.337 e. The molecule has 154 valence electrons. The molecule has 1 N–H and O–H groups in total. The highest BCUT2D eigenvalue weighted by Crippen LogP contribution is 2.22. The number of hydrogen-bond donors (Lipinski definition) is 1. The van der Waals surface area contributed by atoms with Crippen molar-refractivity contribution in [3.05, 3.63) is 89.5 Å². The van der Waals surface area contributed by atoms with E-state index in [9.17, 15) is 9.59 Å². The minimum atomic E-state index is -0.465. The van der Waals surface area contributed by atoms with E-state index in [4.69, 9.17) is 14.2 Å². The Morgan fingerprint density at radius 1 is 0.867 bits per heavy atom. The Kier molecular flexibility index (Phi) is 7.05. The lowest BCUT2D eigenvalue weighted by Crippen LogP contribution is -2.16. The molecule has 30 heavy (non-hydrogen) atoms. The van der Waals surface area contributed by atoms with Gasteiger partial charge in [-0.1, -0.05) is 36.4 Å². The van der Waals surface area contributed by atoms with Gasteiger partial charge >= 0.3 is 5.97 Å². The van der Waals surface area contributed by atoms with E-state index >= 15 is 0 Å². The fourth-order valence-electron chi connectivity index (χ4n) is 2.80. The number of rotatable bonds is 8. The predicted octanol–water partition coefficient (Wildman–Crippen LogP) is 4.49. The summed E-state index contributed by atoms with van der Waals surface area (Å²) in [7, 11) is 1.32. The summed E-state index contributed by atoms with van der Waals surface area (Å²) in [5.74, 6) is 0.411. The number of carbonyl (C=O) groups is 2. The van der Waals surface area contributed by atoms with Gasteiger partial charge in [-0.05, 0) is 48.9 Å². The quantitative estimate of drug-likeness (QED) is 0.441. The highest BCUT2D eigenvalue weighted by molar-refractivity contribution is 6.07. The molecule has 0 aliphatic rings. The normalized spacial score (nSPS) is 10.2. The topological polar surface area (TPSA) is 73.9 Å². The van der Waals surface area contributed by atoms with Crippen molar-refractivity contribution in [2.45, 2.75) is 6.92 Å². The number of ether oxygens (including phenoxy) is 3. The second kappa shape index (κ2) is 10.1. The lowest BCUT2D eigenvalue weighted by atomic mass is 10.1. The van der Waals surface area contributed by atoms with Crippen LogP contribution in [0.2, 0.25) is 0 Å². The van der Waals surface area contributed by atoms with Crippen LogP contribution in [0.4, 0.5) is 5.69 Å². The van der Waals surface area contributed by atoms with Crippen molar-refractivity contribution in [3.8, 4) is 11.5 Å². The average molecular weight is 405 g/mol. The summed E-state index contributed by atoms with van der Waals surface area (Å²) in [5, 5.41) is 2.84. The second-order valence-electron chi connectivity index (χ2n) is 6.48. The van der Waals surface area contributed by atoms with Crippen LogP contribution < -0.4 is 14.8 Å². The Morgan fingerprint density at radius 2 is 1.57 bits per heavy atom. The van der Waals surface area contributed by atoms with Crippen LogP contribution in [0.3, 0.4) is 0 Å². The van der Waals surface area contributed by atoms with Gasteiger partial charge in [0.2, 0.25) is 0 Å². The molecule has 0 saturated heterocycles. The van der Waals surface area contributed by atoms with E-state index < -0.39 is 5.97 Å². The molecule has 0 bridgehead atoms. The summed E-state index contributed by atoms with van der Waals surface area (Å²) in [6.45, 7) is 2.48. The highest BCUT2D eigenvalue weighted by atomic mass is 16.5. The molecule has 0 aliphatic carbocycles. The summed E-state index contributed by atoms with van der Waals surface area (Å²) in [5.41, 5.74) is 2.11. The number of nitrogens with one attached hydrogen (secondary N) is 1. The molecular weight excluding hydrogens is 382 g/mol. The van der Waals surface area contributed by atoms with Crippen LogP contribution in [-0.2, 0) is 4.74 Å². The van der Waals surface area contributed by atoms with Crippen LogP contribution in [0.25, 0.3) is 0 Å². The van der Waals surface area contributed by atoms with Crippen molar-refractivity contribution in [1.82, 2.24) is 0 Å². The number of methoxy groups -OCH3 is 1. The molecule has 0 spiro atoms. The van der Waals surface area contributed by atoms with Crippen molar-refractivity contribution in [1.29, 1.82) is 0 Å². The van der Waals surface area contributed by atoms with Gasteiger partial charge < -0.3 is 19.5 Å². The van der Waals surface area contributed by atoms with Crippen molar-refractivity contribution < 1.29 is 23.8 Å². The van der Waals surface area contributed by atoms with Gasteiger partial charge in [0.15, 0.2) is 0 Å². The largest absolute Gasteiger partial charge is 0.490 e. The van der Waals surface area contributed by atoms with Gasteiger partial charge in [-0.2, -0.15) is 0 Å². The van der Waals surface area contributed by atoms with Crippen LogP contribution >= 0.6 is 0 Å². The fourth-order valence-corrected chi connectivity index (χ4v) is 2.80. The lowest BCUT2D eigenvalue weighted by molar-refractivity contribution is 0.0600. The van der Waals surface area contributed by atoms with Gasteiger partial charge in [-0.3, -0.25) is 4.79 Å². The molecule has 3 rings (SSSR count). The molecule has 6 nitrogen and oxygen atoms in total. The summed E-state index contributed by atoms with van der Waals surface area (Å²) in [4.78, 5) is 24.6. The predicted molar refractivity (Wildman–Crippen MR) is 114 cm³/mol. The first kappa shape index (κ1) is 20.9. The molecular formula is C24H23NO5. The maximum atomic E-state index is 12.9. The fraction of sp³-hybridized carbons (Fsp3) is 0.167. The number of esters is 1. The molecule has 0 saturated carbocycles. The third-order valence-corrected chi connectivity index (χ3v) is 4.39.